The first kappa shape index (κ1) is 19.2. The number of hydrogen-bond acceptors (Lipinski definition) is 6. The zero-order valence-corrected chi connectivity index (χ0v) is 16.9. The summed E-state index contributed by atoms with van der Waals surface area (Å²) in [5, 5.41) is 16.2. The highest BCUT2D eigenvalue weighted by molar-refractivity contribution is 7.89. The molecule has 3 aromatic rings. The molecule has 2 heterocycles. The van der Waals surface area contributed by atoms with Gasteiger partial charge in [-0.05, 0) is 29.8 Å². The summed E-state index contributed by atoms with van der Waals surface area (Å²) in [6, 6.07) is 10.5. The molecule has 0 atom stereocenters. The minimum absolute atomic E-state index is 0.168. The normalized spacial score (nSPS) is 12.7. The van der Waals surface area contributed by atoms with Gasteiger partial charge in [0, 0.05) is 26.1 Å². The zero-order valence-electron chi connectivity index (χ0n) is 16.1. The predicted molar refractivity (Wildman–Crippen MR) is 104 cm³/mol. The Balaban J connectivity index is 1.77. The third-order valence-corrected chi connectivity index (χ3v) is 5.94. The molecule has 0 fully saturated rings. The minimum atomic E-state index is -3.41. The van der Waals surface area contributed by atoms with Gasteiger partial charge in [0.2, 0.25) is 10.0 Å². The Morgan fingerprint density at radius 1 is 1.04 bits per heavy atom. The average molecular weight is 388 g/mol. The Morgan fingerprint density at radius 2 is 1.70 bits per heavy atom. The average Bonchev–Trinajstić information content (AvgIpc) is 3.03. The van der Waals surface area contributed by atoms with Crippen molar-refractivity contribution < 1.29 is 8.42 Å². The maximum absolute atomic E-state index is 12.1. The second-order valence-electron chi connectivity index (χ2n) is 7.55. The Bertz CT molecular complexity index is 1050. The van der Waals surface area contributed by atoms with Crippen molar-refractivity contribution in [3.63, 3.8) is 0 Å². The molecule has 3 rings (SSSR count). The number of aromatic nitrogens is 4. The molecular weight excluding hydrogens is 364 g/mol. The van der Waals surface area contributed by atoms with Gasteiger partial charge < -0.3 is 5.32 Å². The smallest absolute Gasteiger partial charge is 0.242 e. The van der Waals surface area contributed by atoms with Crippen molar-refractivity contribution in [3.05, 3.63) is 47.8 Å². The van der Waals surface area contributed by atoms with Crippen molar-refractivity contribution in [1.82, 2.24) is 24.1 Å². The van der Waals surface area contributed by atoms with E-state index in [1.807, 2.05) is 12.1 Å². The van der Waals surface area contributed by atoms with E-state index in [2.05, 4.69) is 41.4 Å². The van der Waals surface area contributed by atoms with Gasteiger partial charge in [-0.25, -0.2) is 12.7 Å². The molecule has 0 aliphatic rings. The van der Waals surface area contributed by atoms with Crippen LogP contribution in [-0.4, -0.2) is 46.6 Å². The maximum atomic E-state index is 12.1. The van der Waals surface area contributed by atoms with E-state index >= 15 is 0 Å². The van der Waals surface area contributed by atoms with Crippen molar-refractivity contribution in [2.24, 2.45) is 0 Å². The molecule has 0 radical (unpaired) electrons. The first-order chi connectivity index (χ1) is 12.6. The summed E-state index contributed by atoms with van der Waals surface area (Å²) < 4.78 is 27.2. The molecule has 9 heteroatoms. The summed E-state index contributed by atoms with van der Waals surface area (Å²) in [4.78, 5) is 0.273. The molecule has 1 aromatic carbocycles. The predicted octanol–water partition coefficient (Wildman–Crippen LogP) is 2.28. The fourth-order valence-electron chi connectivity index (χ4n) is 2.53. The van der Waals surface area contributed by atoms with Crippen LogP contribution in [0.1, 0.15) is 32.2 Å². The summed E-state index contributed by atoms with van der Waals surface area (Å²) in [5.41, 5.74) is 1.48. The standard InChI is InChI=1S/C18H24N6O2S/c1-18(2,3)17-21-20-16-11-10-15(22-24(16)17)19-12-13-6-8-14(9-7-13)27(25,26)23(4)5/h6-11H,12H2,1-5H3,(H,19,22). The summed E-state index contributed by atoms with van der Waals surface area (Å²) in [6.45, 7) is 6.71. The Labute approximate surface area is 159 Å². The van der Waals surface area contributed by atoms with Gasteiger partial charge in [-0.3, -0.25) is 0 Å². The first-order valence-electron chi connectivity index (χ1n) is 8.57. The Morgan fingerprint density at radius 3 is 2.30 bits per heavy atom. The molecule has 0 aliphatic heterocycles. The number of nitrogens with zero attached hydrogens (tertiary/aromatic N) is 5. The van der Waals surface area contributed by atoms with Crippen molar-refractivity contribution in [2.45, 2.75) is 37.6 Å². The molecule has 1 N–H and O–H groups in total. The van der Waals surface area contributed by atoms with Crippen molar-refractivity contribution >= 4 is 21.5 Å². The molecule has 0 saturated heterocycles. The van der Waals surface area contributed by atoms with E-state index in [9.17, 15) is 8.42 Å². The molecule has 8 nitrogen and oxygen atoms in total. The van der Waals surface area contributed by atoms with Crippen LogP contribution in [0.2, 0.25) is 0 Å². The number of nitrogens with one attached hydrogen (secondary N) is 1. The van der Waals surface area contributed by atoms with Crippen LogP contribution in [0.25, 0.3) is 5.65 Å². The van der Waals surface area contributed by atoms with Crippen LogP contribution in [-0.2, 0) is 22.0 Å². The molecule has 0 unspecified atom stereocenters. The second kappa shape index (κ2) is 6.90. The molecule has 0 spiro atoms. The van der Waals surface area contributed by atoms with Crippen LogP contribution in [0, 0.1) is 0 Å². The summed E-state index contributed by atoms with van der Waals surface area (Å²) >= 11 is 0. The highest BCUT2D eigenvalue weighted by Gasteiger charge is 2.22. The molecule has 144 valence electrons. The fraction of sp³-hybridized carbons (Fsp3) is 0.389. The number of benzene rings is 1. The number of anilines is 1. The van der Waals surface area contributed by atoms with Crippen molar-refractivity contribution in [2.75, 3.05) is 19.4 Å². The highest BCUT2D eigenvalue weighted by atomic mass is 32.2. The lowest BCUT2D eigenvalue weighted by Gasteiger charge is -2.15. The lowest BCUT2D eigenvalue weighted by atomic mass is 9.96. The molecule has 27 heavy (non-hydrogen) atoms. The lowest BCUT2D eigenvalue weighted by molar-refractivity contribution is 0.520. The van der Waals surface area contributed by atoms with Gasteiger partial charge in [0.25, 0.3) is 0 Å². The number of hydrogen-bond donors (Lipinski definition) is 1. The van der Waals surface area contributed by atoms with Crippen LogP contribution in [0.15, 0.2) is 41.3 Å². The molecule has 2 aromatic heterocycles. The van der Waals surface area contributed by atoms with Crippen molar-refractivity contribution in [1.29, 1.82) is 0 Å². The Kier molecular flexibility index (Phi) is 4.92. The summed E-state index contributed by atoms with van der Waals surface area (Å²) in [6.07, 6.45) is 0. The van der Waals surface area contributed by atoms with Crippen molar-refractivity contribution in [3.8, 4) is 0 Å². The summed E-state index contributed by atoms with van der Waals surface area (Å²) in [5.74, 6) is 1.48. The summed E-state index contributed by atoms with van der Waals surface area (Å²) in [7, 11) is -0.380. The second-order valence-corrected chi connectivity index (χ2v) is 9.70. The van der Waals surface area contributed by atoms with Gasteiger partial charge >= 0.3 is 0 Å². The van der Waals surface area contributed by atoms with Gasteiger partial charge in [0.05, 0.1) is 4.90 Å². The first-order valence-corrected chi connectivity index (χ1v) is 10.0. The SMILES string of the molecule is CN(C)S(=O)(=O)c1ccc(CNc2ccc3nnc(C(C)(C)C)n3n2)cc1. The number of rotatable bonds is 5. The molecule has 0 aliphatic carbocycles. The molecular formula is C18H24N6O2S. The van der Waals surface area contributed by atoms with Gasteiger partial charge in [-0.15, -0.1) is 15.3 Å². The van der Waals surface area contributed by atoms with E-state index in [-0.39, 0.29) is 10.3 Å². The van der Waals surface area contributed by atoms with Crippen LogP contribution in [0.4, 0.5) is 5.82 Å². The quantitative estimate of drug-likeness (QED) is 0.721. The molecule has 0 amide bonds. The van der Waals surface area contributed by atoms with Crippen LogP contribution >= 0.6 is 0 Å². The zero-order chi connectivity index (χ0) is 19.8. The number of fused-ring (bicyclic) bond motifs is 1. The van der Waals surface area contributed by atoms with E-state index in [0.29, 0.717) is 18.0 Å². The van der Waals surface area contributed by atoms with Gasteiger partial charge in [-0.1, -0.05) is 32.9 Å². The van der Waals surface area contributed by atoms with E-state index in [1.54, 1.807) is 28.8 Å². The van der Waals surface area contributed by atoms with Crippen LogP contribution in [0.3, 0.4) is 0 Å². The Hall–Kier alpha value is -2.52. The van der Waals surface area contributed by atoms with Gasteiger partial charge in [0.1, 0.15) is 5.82 Å². The van der Waals surface area contributed by atoms with Crippen LogP contribution < -0.4 is 5.32 Å². The highest BCUT2D eigenvalue weighted by Crippen LogP contribution is 2.21. The van der Waals surface area contributed by atoms with E-state index < -0.39 is 10.0 Å². The van der Waals surface area contributed by atoms with Crippen LogP contribution in [0.5, 0.6) is 0 Å². The third kappa shape index (κ3) is 3.93. The number of sulfonamides is 1. The minimum Gasteiger partial charge on any atom is -0.365 e. The third-order valence-electron chi connectivity index (χ3n) is 4.11. The van der Waals surface area contributed by atoms with E-state index in [0.717, 1.165) is 11.4 Å². The molecule has 0 bridgehead atoms. The monoisotopic (exact) mass is 388 g/mol. The topological polar surface area (TPSA) is 92.5 Å². The van der Waals surface area contributed by atoms with Gasteiger partial charge in [0.15, 0.2) is 11.5 Å². The van der Waals surface area contributed by atoms with Gasteiger partial charge in [-0.2, -0.15) is 4.52 Å². The molecule has 0 saturated carbocycles. The largest absolute Gasteiger partial charge is 0.365 e. The maximum Gasteiger partial charge on any atom is 0.242 e. The fourth-order valence-corrected chi connectivity index (χ4v) is 3.44. The van der Waals surface area contributed by atoms with E-state index in [4.69, 9.17) is 0 Å². The lowest BCUT2D eigenvalue weighted by Crippen LogP contribution is -2.22. The van der Waals surface area contributed by atoms with E-state index in [1.165, 1.54) is 18.4 Å².